The van der Waals surface area contributed by atoms with E-state index in [0.717, 1.165) is 17.7 Å². The summed E-state index contributed by atoms with van der Waals surface area (Å²) in [5.74, 6) is -0.369. The van der Waals surface area contributed by atoms with Gasteiger partial charge in [-0.1, -0.05) is 25.1 Å². The van der Waals surface area contributed by atoms with E-state index in [9.17, 15) is 4.79 Å². The molecule has 1 atom stereocenters. The van der Waals surface area contributed by atoms with Crippen LogP contribution in [0.1, 0.15) is 18.9 Å². The van der Waals surface area contributed by atoms with Crippen molar-refractivity contribution < 1.29 is 4.79 Å². The molecule has 1 aromatic carbocycles. The quantitative estimate of drug-likeness (QED) is 0.827. The van der Waals surface area contributed by atoms with E-state index in [-0.39, 0.29) is 11.8 Å². The van der Waals surface area contributed by atoms with E-state index in [1.165, 1.54) is 0 Å². The maximum absolute atomic E-state index is 11.8. The Bertz CT molecular complexity index is 417. The number of rotatable bonds is 3. The van der Waals surface area contributed by atoms with Crippen molar-refractivity contribution in [2.24, 2.45) is 5.92 Å². The molecule has 2 nitrogen and oxygen atoms in total. The van der Waals surface area contributed by atoms with Gasteiger partial charge in [-0.2, -0.15) is 0 Å². The molecule has 2 rings (SSSR count). The summed E-state index contributed by atoms with van der Waals surface area (Å²) in [6.07, 6.45) is 1.42. The minimum Gasteiger partial charge on any atom is -0.326 e. The fraction of sp³-hybridized carbons (Fsp3) is 0.417. The van der Waals surface area contributed by atoms with Crippen molar-refractivity contribution >= 4 is 34.8 Å². The zero-order valence-electron chi connectivity index (χ0n) is 8.97. The summed E-state index contributed by atoms with van der Waals surface area (Å²) >= 11 is 11.7. The van der Waals surface area contributed by atoms with Gasteiger partial charge in [0.1, 0.15) is 4.33 Å². The van der Waals surface area contributed by atoms with Crippen molar-refractivity contribution in [1.82, 2.24) is 0 Å². The van der Waals surface area contributed by atoms with Gasteiger partial charge in [0, 0.05) is 5.69 Å². The largest absolute Gasteiger partial charge is 0.326 e. The first kappa shape index (κ1) is 11.7. The second-order valence-corrected chi connectivity index (χ2v) is 5.56. The maximum Gasteiger partial charge on any atom is 0.230 e. The van der Waals surface area contributed by atoms with Crippen LogP contribution >= 0.6 is 23.2 Å². The highest BCUT2D eigenvalue weighted by Gasteiger charge is 2.56. The molecule has 1 saturated carbocycles. The van der Waals surface area contributed by atoms with Gasteiger partial charge in [0.05, 0.1) is 5.92 Å². The topological polar surface area (TPSA) is 29.1 Å². The summed E-state index contributed by atoms with van der Waals surface area (Å²) in [5, 5.41) is 2.87. The third-order valence-electron chi connectivity index (χ3n) is 2.80. The Labute approximate surface area is 105 Å². The van der Waals surface area contributed by atoms with Crippen LogP contribution in [0.15, 0.2) is 24.3 Å². The summed E-state index contributed by atoms with van der Waals surface area (Å²) in [5.41, 5.74) is 1.97. The monoisotopic (exact) mass is 257 g/mol. The van der Waals surface area contributed by atoms with Crippen molar-refractivity contribution in [3.63, 3.8) is 0 Å². The molecule has 0 aliphatic heterocycles. The van der Waals surface area contributed by atoms with Crippen LogP contribution in [-0.4, -0.2) is 10.2 Å². The minimum absolute atomic E-state index is 0.0918. The average molecular weight is 258 g/mol. The third kappa shape index (κ3) is 2.33. The second-order valence-electron chi connectivity index (χ2n) is 4.02. The first-order valence-electron chi connectivity index (χ1n) is 5.31. The maximum atomic E-state index is 11.8. The predicted octanol–water partition coefficient (Wildman–Crippen LogP) is 3.38. The van der Waals surface area contributed by atoms with Crippen molar-refractivity contribution in [3.05, 3.63) is 29.8 Å². The number of aryl methyl sites for hydroxylation is 1. The van der Waals surface area contributed by atoms with Crippen molar-refractivity contribution in [2.45, 2.75) is 24.1 Å². The van der Waals surface area contributed by atoms with Gasteiger partial charge < -0.3 is 5.32 Å². The van der Waals surface area contributed by atoms with Crippen LogP contribution in [0.5, 0.6) is 0 Å². The lowest BCUT2D eigenvalue weighted by molar-refractivity contribution is -0.117. The lowest BCUT2D eigenvalue weighted by Gasteiger charge is -2.09. The highest BCUT2D eigenvalue weighted by Crippen LogP contribution is 2.53. The van der Waals surface area contributed by atoms with E-state index in [0.29, 0.717) is 6.42 Å². The van der Waals surface area contributed by atoms with Crippen molar-refractivity contribution in [3.8, 4) is 0 Å². The molecule has 86 valence electrons. The molecule has 1 aliphatic rings. The molecule has 0 bridgehead atoms. The van der Waals surface area contributed by atoms with Crippen molar-refractivity contribution in [2.75, 3.05) is 5.32 Å². The molecule has 0 saturated heterocycles. The minimum atomic E-state index is -0.856. The Kier molecular flexibility index (Phi) is 3.13. The van der Waals surface area contributed by atoms with Crippen LogP contribution in [0.3, 0.4) is 0 Å². The first-order chi connectivity index (χ1) is 7.54. The molecule has 4 heteroatoms. The van der Waals surface area contributed by atoms with Crippen LogP contribution in [0.4, 0.5) is 5.69 Å². The number of alkyl halides is 2. The van der Waals surface area contributed by atoms with Gasteiger partial charge in [0.15, 0.2) is 0 Å². The molecule has 0 unspecified atom stereocenters. The van der Waals surface area contributed by atoms with Gasteiger partial charge >= 0.3 is 0 Å². The summed E-state index contributed by atoms with van der Waals surface area (Å²) in [7, 11) is 0. The molecule has 0 spiro atoms. The highest BCUT2D eigenvalue weighted by molar-refractivity contribution is 6.52. The van der Waals surface area contributed by atoms with E-state index in [1.807, 2.05) is 24.3 Å². The van der Waals surface area contributed by atoms with Crippen LogP contribution < -0.4 is 5.32 Å². The smallest absolute Gasteiger partial charge is 0.230 e. The fourth-order valence-electron chi connectivity index (χ4n) is 1.67. The number of carbonyl (C=O) groups is 1. The molecule has 0 radical (unpaired) electrons. The summed E-state index contributed by atoms with van der Waals surface area (Å²) < 4.78 is -0.856. The van der Waals surface area contributed by atoms with E-state index >= 15 is 0 Å². The lowest BCUT2D eigenvalue weighted by atomic mass is 10.1. The summed E-state index contributed by atoms with van der Waals surface area (Å²) in [6.45, 7) is 2.05. The lowest BCUT2D eigenvalue weighted by Crippen LogP contribution is -2.17. The number of amides is 1. The van der Waals surface area contributed by atoms with E-state index in [2.05, 4.69) is 12.2 Å². The molecule has 0 aromatic heterocycles. The number of para-hydroxylation sites is 1. The Morgan fingerprint density at radius 3 is 2.69 bits per heavy atom. The zero-order valence-corrected chi connectivity index (χ0v) is 10.5. The normalized spacial score (nSPS) is 21.6. The van der Waals surface area contributed by atoms with Gasteiger partial charge in [0.25, 0.3) is 0 Å². The third-order valence-corrected chi connectivity index (χ3v) is 3.63. The Morgan fingerprint density at radius 2 is 2.12 bits per heavy atom. The molecule has 1 fully saturated rings. The van der Waals surface area contributed by atoms with Crippen LogP contribution in [0, 0.1) is 5.92 Å². The Balaban J connectivity index is 2.07. The molecule has 1 aromatic rings. The van der Waals surface area contributed by atoms with Crippen LogP contribution in [0.25, 0.3) is 0 Å². The molecule has 1 N–H and O–H groups in total. The van der Waals surface area contributed by atoms with Gasteiger partial charge in [0.2, 0.25) is 5.91 Å². The first-order valence-corrected chi connectivity index (χ1v) is 6.07. The number of hydrogen-bond donors (Lipinski definition) is 1. The van der Waals surface area contributed by atoms with E-state index < -0.39 is 4.33 Å². The molecule has 16 heavy (non-hydrogen) atoms. The standard InChI is InChI=1S/C12H13Cl2NO/c1-2-8-5-3-4-6-10(8)15-11(16)9-7-12(9,13)14/h3-6,9H,2,7H2,1H3,(H,15,16)/t9-/m1/s1. The number of benzene rings is 1. The van der Waals surface area contributed by atoms with E-state index in [4.69, 9.17) is 23.2 Å². The Hall–Kier alpha value is -0.730. The number of anilines is 1. The van der Waals surface area contributed by atoms with Crippen LogP contribution in [-0.2, 0) is 11.2 Å². The van der Waals surface area contributed by atoms with Gasteiger partial charge in [-0.25, -0.2) is 0 Å². The molecule has 1 amide bonds. The van der Waals surface area contributed by atoms with Crippen LogP contribution in [0.2, 0.25) is 0 Å². The van der Waals surface area contributed by atoms with E-state index in [1.54, 1.807) is 0 Å². The fourth-order valence-corrected chi connectivity index (χ4v) is 2.17. The summed E-state index contributed by atoms with van der Waals surface area (Å²) in [6, 6.07) is 7.75. The number of carbonyl (C=O) groups excluding carboxylic acids is 1. The summed E-state index contributed by atoms with van der Waals surface area (Å²) in [4.78, 5) is 11.8. The number of halogens is 2. The number of hydrogen-bond acceptors (Lipinski definition) is 1. The molecular weight excluding hydrogens is 245 g/mol. The number of nitrogens with one attached hydrogen (secondary N) is 1. The molecular formula is C12H13Cl2NO. The SMILES string of the molecule is CCc1ccccc1NC(=O)[C@H]1CC1(Cl)Cl. The predicted molar refractivity (Wildman–Crippen MR) is 67.0 cm³/mol. The Morgan fingerprint density at radius 1 is 1.50 bits per heavy atom. The molecule has 0 heterocycles. The van der Waals surface area contributed by atoms with Crippen molar-refractivity contribution in [1.29, 1.82) is 0 Å². The van der Waals surface area contributed by atoms with Gasteiger partial charge in [-0.3, -0.25) is 4.79 Å². The molecule has 1 aliphatic carbocycles. The van der Waals surface area contributed by atoms with Gasteiger partial charge in [-0.05, 0) is 24.5 Å². The van der Waals surface area contributed by atoms with Gasteiger partial charge in [-0.15, -0.1) is 23.2 Å². The highest BCUT2D eigenvalue weighted by atomic mass is 35.5. The zero-order chi connectivity index (χ0) is 11.8. The second kappa shape index (κ2) is 4.27. The average Bonchev–Trinajstić information content (AvgIpc) is 2.89.